The first-order valence-electron chi connectivity index (χ1n) is 4.92. The van der Waals surface area contributed by atoms with Crippen LogP contribution in [0.3, 0.4) is 0 Å². The Kier molecular flexibility index (Phi) is 3.14. The fourth-order valence-electron chi connectivity index (χ4n) is 1.38. The number of anilines is 2. The highest BCUT2D eigenvalue weighted by molar-refractivity contribution is 9.10. The maximum absolute atomic E-state index is 5.72. The Morgan fingerprint density at radius 3 is 2.88 bits per heavy atom. The Morgan fingerprint density at radius 2 is 2.25 bits per heavy atom. The standard InChI is InChI=1S/C11H13BrN4/c1-16-5-4-11(15-16)14-7-8-2-3-10(13)9(12)6-8/h2-6H,7,13H2,1H3,(H,14,15). The molecule has 0 saturated carbocycles. The number of halogens is 1. The lowest BCUT2D eigenvalue weighted by atomic mass is 10.2. The van der Waals surface area contributed by atoms with Crippen LogP contribution in [0.15, 0.2) is 34.9 Å². The molecule has 0 spiro atoms. The number of aryl methyl sites for hydroxylation is 1. The lowest BCUT2D eigenvalue weighted by molar-refractivity contribution is 0.768. The molecule has 0 atom stereocenters. The summed E-state index contributed by atoms with van der Waals surface area (Å²) in [7, 11) is 1.89. The van der Waals surface area contributed by atoms with Crippen LogP contribution in [0.2, 0.25) is 0 Å². The van der Waals surface area contributed by atoms with Crippen molar-refractivity contribution in [2.45, 2.75) is 6.54 Å². The van der Waals surface area contributed by atoms with Gasteiger partial charge in [0.2, 0.25) is 0 Å². The molecule has 0 aliphatic carbocycles. The third kappa shape index (κ3) is 2.55. The molecule has 5 heteroatoms. The van der Waals surface area contributed by atoms with Gasteiger partial charge in [0.1, 0.15) is 5.82 Å². The van der Waals surface area contributed by atoms with Crippen LogP contribution in [0.1, 0.15) is 5.56 Å². The van der Waals surface area contributed by atoms with Gasteiger partial charge in [-0.3, -0.25) is 4.68 Å². The van der Waals surface area contributed by atoms with Gasteiger partial charge >= 0.3 is 0 Å². The molecule has 1 aromatic heterocycles. The number of rotatable bonds is 3. The fraction of sp³-hybridized carbons (Fsp3) is 0.182. The zero-order valence-electron chi connectivity index (χ0n) is 8.94. The van der Waals surface area contributed by atoms with Crippen molar-refractivity contribution in [3.63, 3.8) is 0 Å². The Balaban J connectivity index is 2.02. The van der Waals surface area contributed by atoms with Crippen LogP contribution in [0.25, 0.3) is 0 Å². The fourth-order valence-corrected chi connectivity index (χ4v) is 1.81. The summed E-state index contributed by atoms with van der Waals surface area (Å²) >= 11 is 3.40. The van der Waals surface area contributed by atoms with Crippen molar-refractivity contribution in [1.29, 1.82) is 0 Å². The second kappa shape index (κ2) is 4.57. The average molecular weight is 281 g/mol. The van der Waals surface area contributed by atoms with Gasteiger partial charge in [0, 0.05) is 36.0 Å². The lowest BCUT2D eigenvalue weighted by Gasteiger charge is -2.05. The first-order valence-corrected chi connectivity index (χ1v) is 5.72. The lowest BCUT2D eigenvalue weighted by Crippen LogP contribution is -2.01. The van der Waals surface area contributed by atoms with Crippen molar-refractivity contribution in [2.24, 2.45) is 7.05 Å². The molecule has 0 aliphatic rings. The highest BCUT2D eigenvalue weighted by Crippen LogP contribution is 2.20. The van der Waals surface area contributed by atoms with E-state index in [9.17, 15) is 0 Å². The van der Waals surface area contributed by atoms with E-state index in [2.05, 4.69) is 26.3 Å². The number of benzene rings is 1. The van der Waals surface area contributed by atoms with E-state index in [1.807, 2.05) is 37.5 Å². The third-order valence-corrected chi connectivity index (χ3v) is 2.94. The van der Waals surface area contributed by atoms with Crippen LogP contribution < -0.4 is 11.1 Å². The van der Waals surface area contributed by atoms with Gasteiger partial charge in [-0.25, -0.2) is 0 Å². The topological polar surface area (TPSA) is 55.9 Å². The third-order valence-electron chi connectivity index (χ3n) is 2.25. The van der Waals surface area contributed by atoms with E-state index in [4.69, 9.17) is 5.73 Å². The number of nitrogens with one attached hydrogen (secondary N) is 1. The van der Waals surface area contributed by atoms with Crippen molar-refractivity contribution >= 4 is 27.4 Å². The molecule has 0 amide bonds. The minimum Gasteiger partial charge on any atom is -0.398 e. The summed E-state index contributed by atoms with van der Waals surface area (Å²) in [6, 6.07) is 7.83. The normalized spacial score (nSPS) is 10.4. The molecule has 3 N–H and O–H groups in total. The van der Waals surface area contributed by atoms with Gasteiger partial charge < -0.3 is 11.1 Å². The molecule has 0 unspecified atom stereocenters. The summed E-state index contributed by atoms with van der Waals surface area (Å²) in [6.45, 7) is 0.732. The highest BCUT2D eigenvalue weighted by Gasteiger charge is 1.99. The van der Waals surface area contributed by atoms with Crippen molar-refractivity contribution in [2.75, 3.05) is 11.1 Å². The molecule has 0 fully saturated rings. The molecule has 0 saturated heterocycles. The molecule has 1 heterocycles. The van der Waals surface area contributed by atoms with Crippen LogP contribution in [-0.4, -0.2) is 9.78 Å². The van der Waals surface area contributed by atoms with E-state index in [1.165, 1.54) is 0 Å². The molecule has 2 rings (SSSR count). The minimum atomic E-state index is 0.732. The van der Waals surface area contributed by atoms with Crippen LogP contribution in [0.5, 0.6) is 0 Å². The van der Waals surface area contributed by atoms with E-state index in [-0.39, 0.29) is 0 Å². The van der Waals surface area contributed by atoms with E-state index in [0.717, 1.165) is 28.1 Å². The number of aromatic nitrogens is 2. The smallest absolute Gasteiger partial charge is 0.148 e. The summed E-state index contributed by atoms with van der Waals surface area (Å²) in [6.07, 6.45) is 1.90. The van der Waals surface area contributed by atoms with Gasteiger partial charge in [-0.2, -0.15) is 5.10 Å². The quantitative estimate of drug-likeness (QED) is 0.849. The monoisotopic (exact) mass is 280 g/mol. The highest BCUT2D eigenvalue weighted by atomic mass is 79.9. The van der Waals surface area contributed by atoms with Crippen LogP contribution >= 0.6 is 15.9 Å². The van der Waals surface area contributed by atoms with Crippen LogP contribution in [0.4, 0.5) is 11.5 Å². The Bertz CT molecular complexity index is 492. The number of nitrogens with zero attached hydrogens (tertiary/aromatic N) is 2. The zero-order valence-corrected chi connectivity index (χ0v) is 10.5. The molecule has 16 heavy (non-hydrogen) atoms. The molecular weight excluding hydrogens is 268 g/mol. The van der Waals surface area contributed by atoms with E-state index in [1.54, 1.807) is 4.68 Å². The summed E-state index contributed by atoms with van der Waals surface area (Å²) in [5.74, 6) is 0.871. The first kappa shape index (κ1) is 11.0. The molecule has 0 radical (unpaired) electrons. The zero-order chi connectivity index (χ0) is 11.5. The van der Waals surface area contributed by atoms with E-state index >= 15 is 0 Å². The van der Waals surface area contributed by atoms with Gasteiger partial charge in [0.25, 0.3) is 0 Å². The summed E-state index contributed by atoms with van der Waals surface area (Å²) in [4.78, 5) is 0. The summed E-state index contributed by atoms with van der Waals surface area (Å²) in [5.41, 5.74) is 7.63. The van der Waals surface area contributed by atoms with Crippen molar-refractivity contribution in [1.82, 2.24) is 9.78 Å². The largest absolute Gasteiger partial charge is 0.398 e. The average Bonchev–Trinajstić information content (AvgIpc) is 2.66. The van der Waals surface area contributed by atoms with Crippen molar-refractivity contribution in [3.05, 3.63) is 40.5 Å². The number of hydrogen-bond donors (Lipinski definition) is 2. The first-order chi connectivity index (χ1) is 7.65. The molecule has 0 aliphatic heterocycles. The number of nitrogens with two attached hydrogens (primary N) is 1. The van der Waals surface area contributed by atoms with Crippen LogP contribution in [-0.2, 0) is 13.6 Å². The van der Waals surface area contributed by atoms with Crippen molar-refractivity contribution in [3.8, 4) is 0 Å². The Labute approximate surface area is 103 Å². The molecule has 84 valence electrons. The molecule has 2 aromatic rings. The summed E-state index contributed by atoms with van der Waals surface area (Å²) in [5, 5.41) is 7.47. The number of hydrogen-bond acceptors (Lipinski definition) is 3. The Morgan fingerprint density at radius 1 is 1.44 bits per heavy atom. The second-order valence-electron chi connectivity index (χ2n) is 3.58. The van der Waals surface area contributed by atoms with Crippen LogP contribution in [0, 0.1) is 0 Å². The van der Waals surface area contributed by atoms with Gasteiger partial charge in [-0.05, 0) is 33.6 Å². The minimum absolute atomic E-state index is 0.732. The van der Waals surface area contributed by atoms with Gasteiger partial charge in [0.05, 0.1) is 0 Å². The second-order valence-corrected chi connectivity index (χ2v) is 4.44. The van der Waals surface area contributed by atoms with Gasteiger partial charge in [0.15, 0.2) is 0 Å². The molecule has 0 bridgehead atoms. The van der Waals surface area contributed by atoms with E-state index in [0.29, 0.717) is 0 Å². The number of nitrogen functional groups attached to an aromatic ring is 1. The summed E-state index contributed by atoms with van der Waals surface area (Å²) < 4.78 is 2.69. The predicted octanol–water partition coefficient (Wildman–Crippen LogP) is 2.38. The maximum Gasteiger partial charge on any atom is 0.148 e. The maximum atomic E-state index is 5.72. The van der Waals surface area contributed by atoms with Gasteiger partial charge in [-0.1, -0.05) is 6.07 Å². The molecule has 1 aromatic carbocycles. The SMILES string of the molecule is Cn1ccc(NCc2ccc(N)c(Br)c2)n1. The predicted molar refractivity (Wildman–Crippen MR) is 69.1 cm³/mol. The Hall–Kier alpha value is -1.49. The molecule has 4 nitrogen and oxygen atoms in total. The van der Waals surface area contributed by atoms with E-state index < -0.39 is 0 Å². The van der Waals surface area contributed by atoms with Gasteiger partial charge in [-0.15, -0.1) is 0 Å². The molecular formula is C11H13BrN4. The van der Waals surface area contributed by atoms with Crippen molar-refractivity contribution < 1.29 is 0 Å².